The summed E-state index contributed by atoms with van der Waals surface area (Å²) in [6.07, 6.45) is -0.697. The number of carbonyl (C=O) groups is 3. The average Bonchev–Trinajstić information content (AvgIpc) is 2.87. The molecule has 0 saturated carbocycles. The van der Waals surface area contributed by atoms with Crippen LogP contribution in [0.15, 0.2) is 30.3 Å². The molecule has 8 heteroatoms. The van der Waals surface area contributed by atoms with Crippen molar-refractivity contribution in [3.8, 4) is 0 Å². The number of nitrogens with one attached hydrogen (secondary N) is 2. The van der Waals surface area contributed by atoms with Gasteiger partial charge in [0.1, 0.15) is 0 Å². The number of imide groups is 1. The molecule has 1 saturated heterocycles. The normalized spacial score (nSPS) is 15.3. The second kappa shape index (κ2) is 8.14. The Morgan fingerprint density at radius 2 is 2.09 bits per heavy atom. The molecule has 8 nitrogen and oxygen atoms in total. The number of hydrogen-bond acceptors (Lipinski definition) is 5. The Bertz CT molecular complexity index is 547. The molecule has 4 amide bonds. The van der Waals surface area contributed by atoms with E-state index in [1.807, 2.05) is 30.3 Å². The van der Waals surface area contributed by atoms with Crippen LogP contribution in [0.25, 0.3) is 0 Å². The monoisotopic (exact) mass is 321 g/mol. The highest BCUT2D eigenvalue weighted by Crippen LogP contribution is 2.17. The van der Waals surface area contributed by atoms with Crippen LogP contribution in [0.2, 0.25) is 0 Å². The second-order valence-corrected chi connectivity index (χ2v) is 4.92. The molecule has 1 aromatic rings. The van der Waals surface area contributed by atoms with Crippen LogP contribution in [-0.2, 0) is 14.3 Å². The quantitative estimate of drug-likeness (QED) is 0.719. The minimum Gasteiger partial charge on any atom is -0.439 e. The molecular weight excluding hydrogens is 302 g/mol. The molecule has 0 radical (unpaired) electrons. The predicted octanol–water partition coefficient (Wildman–Crippen LogP) is 0.652. The molecule has 124 valence electrons. The van der Waals surface area contributed by atoms with Crippen molar-refractivity contribution in [2.45, 2.75) is 6.04 Å². The van der Waals surface area contributed by atoms with Gasteiger partial charge in [0.05, 0.1) is 19.2 Å². The van der Waals surface area contributed by atoms with Crippen LogP contribution in [-0.4, -0.2) is 56.3 Å². The first-order chi connectivity index (χ1) is 11.1. The summed E-state index contributed by atoms with van der Waals surface area (Å²) in [6.45, 7) is 0.495. The number of nitrogens with zero attached hydrogens (tertiary/aromatic N) is 1. The second-order valence-electron chi connectivity index (χ2n) is 4.92. The maximum atomic E-state index is 11.9. The smallest absolute Gasteiger partial charge is 0.417 e. The molecule has 0 spiro atoms. The summed E-state index contributed by atoms with van der Waals surface area (Å²) >= 11 is 0. The van der Waals surface area contributed by atoms with Crippen LogP contribution in [0.5, 0.6) is 0 Å². The van der Waals surface area contributed by atoms with Gasteiger partial charge in [0.2, 0.25) is 0 Å². The van der Waals surface area contributed by atoms with Gasteiger partial charge in [-0.1, -0.05) is 30.3 Å². The van der Waals surface area contributed by atoms with Gasteiger partial charge in [-0.2, -0.15) is 0 Å². The van der Waals surface area contributed by atoms with E-state index < -0.39 is 24.1 Å². The molecule has 1 aromatic carbocycles. The summed E-state index contributed by atoms with van der Waals surface area (Å²) in [6, 6.07) is 8.16. The third-order valence-corrected chi connectivity index (χ3v) is 3.30. The molecule has 1 atom stereocenters. The minimum absolute atomic E-state index is 0.0133. The Balaban J connectivity index is 2.05. The van der Waals surface area contributed by atoms with Crippen LogP contribution in [0.4, 0.5) is 9.59 Å². The van der Waals surface area contributed by atoms with Gasteiger partial charge in [-0.15, -0.1) is 0 Å². The lowest BCUT2D eigenvalue weighted by molar-refractivity contribution is -0.126. The summed E-state index contributed by atoms with van der Waals surface area (Å²) in [4.78, 5) is 36.2. The summed E-state index contributed by atoms with van der Waals surface area (Å²) in [5, 5.41) is 5.39. The SMILES string of the molecule is COCCNC(=O)NC(CN1C(=O)COC1=O)c1ccccc1. The number of rotatable bonds is 7. The van der Waals surface area contributed by atoms with Gasteiger partial charge in [-0.05, 0) is 5.56 Å². The molecule has 1 fully saturated rings. The Labute approximate surface area is 133 Å². The van der Waals surface area contributed by atoms with E-state index in [2.05, 4.69) is 10.6 Å². The minimum atomic E-state index is -0.697. The fourth-order valence-corrected chi connectivity index (χ4v) is 2.14. The van der Waals surface area contributed by atoms with Gasteiger partial charge in [-0.25, -0.2) is 14.5 Å². The third kappa shape index (κ3) is 4.68. The molecule has 1 aliphatic rings. The molecule has 23 heavy (non-hydrogen) atoms. The van der Waals surface area contributed by atoms with Gasteiger partial charge >= 0.3 is 12.1 Å². The van der Waals surface area contributed by atoms with Gasteiger partial charge in [0, 0.05) is 13.7 Å². The number of cyclic esters (lactones) is 1. The summed E-state index contributed by atoms with van der Waals surface area (Å²) in [5.41, 5.74) is 0.780. The van der Waals surface area contributed by atoms with Gasteiger partial charge in [0.25, 0.3) is 5.91 Å². The molecular formula is C15H19N3O5. The van der Waals surface area contributed by atoms with Crippen molar-refractivity contribution in [2.75, 3.05) is 33.4 Å². The van der Waals surface area contributed by atoms with E-state index in [0.29, 0.717) is 13.2 Å². The first kappa shape index (κ1) is 16.8. The zero-order valence-electron chi connectivity index (χ0n) is 12.8. The van der Waals surface area contributed by atoms with Gasteiger partial charge < -0.3 is 20.1 Å². The van der Waals surface area contributed by atoms with Crippen LogP contribution < -0.4 is 10.6 Å². The molecule has 1 aliphatic heterocycles. The number of hydrogen-bond donors (Lipinski definition) is 2. The largest absolute Gasteiger partial charge is 0.439 e. The van der Waals surface area contributed by atoms with E-state index in [9.17, 15) is 14.4 Å². The fourth-order valence-electron chi connectivity index (χ4n) is 2.14. The number of amides is 4. The van der Waals surface area contributed by atoms with Crippen molar-refractivity contribution in [3.63, 3.8) is 0 Å². The van der Waals surface area contributed by atoms with Crippen molar-refractivity contribution in [3.05, 3.63) is 35.9 Å². The lowest BCUT2D eigenvalue weighted by atomic mass is 10.1. The molecule has 2 N–H and O–H groups in total. The van der Waals surface area contributed by atoms with Crippen molar-refractivity contribution >= 4 is 18.0 Å². The van der Waals surface area contributed by atoms with Crippen LogP contribution >= 0.6 is 0 Å². The number of benzene rings is 1. The number of carbonyl (C=O) groups excluding carboxylic acids is 3. The van der Waals surface area contributed by atoms with Crippen molar-refractivity contribution in [1.82, 2.24) is 15.5 Å². The van der Waals surface area contributed by atoms with E-state index >= 15 is 0 Å². The molecule has 0 aliphatic carbocycles. The Morgan fingerprint density at radius 3 is 2.70 bits per heavy atom. The fraction of sp³-hybridized carbons (Fsp3) is 0.400. The van der Waals surface area contributed by atoms with E-state index in [-0.39, 0.29) is 13.2 Å². The average molecular weight is 321 g/mol. The number of ether oxygens (including phenoxy) is 2. The van der Waals surface area contributed by atoms with E-state index in [4.69, 9.17) is 9.47 Å². The Kier molecular flexibility index (Phi) is 5.93. The van der Waals surface area contributed by atoms with E-state index in [1.165, 1.54) is 7.11 Å². The van der Waals surface area contributed by atoms with Crippen LogP contribution in [0.3, 0.4) is 0 Å². The van der Waals surface area contributed by atoms with Gasteiger partial charge in [-0.3, -0.25) is 4.79 Å². The maximum absolute atomic E-state index is 11.9. The van der Waals surface area contributed by atoms with Crippen molar-refractivity contribution in [1.29, 1.82) is 0 Å². The first-order valence-electron chi connectivity index (χ1n) is 7.17. The highest BCUT2D eigenvalue weighted by Gasteiger charge is 2.33. The molecule has 0 aromatic heterocycles. The van der Waals surface area contributed by atoms with E-state index in [1.54, 1.807) is 0 Å². The molecule has 0 bridgehead atoms. The summed E-state index contributed by atoms with van der Waals surface area (Å²) in [5.74, 6) is -0.419. The molecule has 1 unspecified atom stereocenters. The topological polar surface area (TPSA) is 97.0 Å². The summed E-state index contributed by atoms with van der Waals surface area (Å²) in [7, 11) is 1.54. The summed E-state index contributed by atoms with van der Waals surface area (Å²) < 4.78 is 9.55. The Hall–Kier alpha value is -2.61. The van der Waals surface area contributed by atoms with Gasteiger partial charge in [0.15, 0.2) is 6.61 Å². The standard InChI is InChI=1S/C15H19N3O5/c1-22-8-7-16-14(20)17-12(11-5-3-2-4-6-11)9-18-13(19)10-23-15(18)21/h2-6,12H,7-10H2,1H3,(H2,16,17,20). The lowest BCUT2D eigenvalue weighted by Crippen LogP contribution is -2.44. The molecule has 2 rings (SSSR count). The lowest BCUT2D eigenvalue weighted by Gasteiger charge is -2.23. The first-order valence-corrected chi connectivity index (χ1v) is 7.17. The highest BCUT2D eigenvalue weighted by atomic mass is 16.6. The van der Waals surface area contributed by atoms with E-state index in [0.717, 1.165) is 10.5 Å². The van der Waals surface area contributed by atoms with Crippen LogP contribution in [0, 0.1) is 0 Å². The molecule has 1 heterocycles. The van der Waals surface area contributed by atoms with Crippen molar-refractivity contribution in [2.24, 2.45) is 0 Å². The maximum Gasteiger partial charge on any atom is 0.417 e. The number of methoxy groups -OCH3 is 1. The third-order valence-electron chi connectivity index (χ3n) is 3.30. The number of urea groups is 1. The predicted molar refractivity (Wildman–Crippen MR) is 80.7 cm³/mol. The Morgan fingerprint density at radius 1 is 1.35 bits per heavy atom. The zero-order valence-corrected chi connectivity index (χ0v) is 12.8. The zero-order chi connectivity index (χ0) is 16.7. The highest BCUT2D eigenvalue weighted by molar-refractivity contribution is 5.97. The van der Waals surface area contributed by atoms with Crippen molar-refractivity contribution < 1.29 is 23.9 Å². The van der Waals surface area contributed by atoms with Crippen LogP contribution in [0.1, 0.15) is 11.6 Å².